The number of hydrogen-bond donors (Lipinski definition) is 2. The summed E-state index contributed by atoms with van der Waals surface area (Å²) in [4.78, 5) is 12.5. The molecule has 0 bridgehead atoms. The molecule has 3 rings (SSSR count). The molecule has 2 atom stereocenters. The van der Waals surface area contributed by atoms with Crippen molar-refractivity contribution < 1.29 is 13.6 Å². The van der Waals surface area contributed by atoms with Crippen molar-refractivity contribution in [2.45, 2.75) is 25.3 Å². The molecule has 0 saturated carbocycles. The second-order valence-corrected chi connectivity index (χ2v) is 6.15. The van der Waals surface area contributed by atoms with Gasteiger partial charge in [0.1, 0.15) is 0 Å². The van der Waals surface area contributed by atoms with Crippen LogP contribution in [0.25, 0.3) is 0 Å². The first-order valence-corrected chi connectivity index (χ1v) is 7.92. The maximum Gasteiger partial charge on any atom is 0.255 e. The lowest BCUT2D eigenvalue weighted by molar-refractivity contribution is 0.0923. The monoisotopic (exact) mass is 334 g/mol. The van der Waals surface area contributed by atoms with Gasteiger partial charge in [0.05, 0.1) is 11.3 Å². The van der Waals surface area contributed by atoms with E-state index in [0.29, 0.717) is 23.4 Å². The van der Waals surface area contributed by atoms with Gasteiger partial charge in [-0.1, -0.05) is 6.07 Å². The molecule has 5 nitrogen and oxygen atoms in total. The third-order valence-corrected chi connectivity index (χ3v) is 4.43. The van der Waals surface area contributed by atoms with Crippen LogP contribution in [0.2, 0.25) is 0 Å². The predicted molar refractivity (Wildman–Crippen MR) is 85.8 cm³/mol. The molecule has 24 heavy (non-hydrogen) atoms. The number of aromatic nitrogens is 2. The van der Waals surface area contributed by atoms with Crippen molar-refractivity contribution in [3.05, 3.63) is 52.9 Å². The van der Waals surface area contributed by atoms with Crippen LogP contribution < -0.4 is 10.6 Å². The Bertz CT molecular complexity index is 759. The fourth-order valence-corrected chi connectivity index (χ4v) is 3.22. The highest BCUT2D eigenvalue weighted by Gasteiger charge is 2.29. The Morgan fingerprint density at radius 3 is 2.83 bits per heavy atom. The van der Waals surface area contributed by atoms with E-state index >= 15 is 0 Å². The average Bonchev–Trinajstić information content (AvgIpc) is 2.89. The van der Waals surface area contributed by atoms with Gasteiger partial charge >= 0.3 is 0 Å². The number of halogens is 2. The van der Waals surface area contributed by atoms with Crippen LogP contribution >= 0.6 is 0 Å². The standard InChI is InChI=1S/C17H20F2N4O/c1-10-13(9-23(2)22-10)17(24)21-16-8-20-6-5-12(16)11-3-4-14(18)15(19)7-11/h3-4,7,9,12,16,20H,5-6,8H2,1-2H3,(H,21,24). The Kier molecular flexibility index (Phi) is 4.62. The minimum absolute atomic E-state index is 0.0673. The minimum Gasteiger partial charge on any atom is -0.347 e. The molecule has 0 radical (unpaired) electrons. The lowest BCUT2D eigenvalue weighted by Crippen LogP contribution is -2.50. The number of piperidine rings is 1. The van der Waals surface area contributed by atoms with Crippen LogP contribution in [0.4, 0.5) is 8.78 Å². The molecule has 0 aliphatic carbocycles. The van der Waals surface area contributed by atoms with Crippen LogP contribution in [-0.2, 0) is 7.05 Å². The molecule has 1 amide bonds. The topological polar surface area (TPSA) is 59.0 Å². The first-order valence-electron chi connectivity index (χ1n) is 7.92. The van der Waals surface area contributed by atoms with Crippen molar-refractivity contribution >= 4 is 5.91 Å². The van der Waals surface area contributed by atoms with E-state index in [-0.39, 0.29) is 17.9 Å². The molecule has 1 aromatic heterocycles. The molecule has 1 fully saturated rings. The van der Waals surface area contributed by atoms with E-state index in [4.69, 9.17) is 0 Å². The summed E-state index contributed by atoms with van der Waals surface area (Å²) in [6.45, 7) is 3.12. The van der Waals surface area contributed by atoms with E-state index in [1.165, 1.54) is 6.07 Å². The van der Waals surface area contributed by atoms with Crippen LogP contribution in [0.5, 0.6) is 0 Å². The van der Waals surface area contributed by atoms with Crippen molar-refractivity contribution in [3.63, 3.8) is 0 Å². The van der Waals surface area contributed by atoms with Gasteiger partial charge in [-0.05, 0) is 37.6 Å². The van der Waals surface area contributed by atoms with Gasteiger partial charge in [-0.15, -0.1) is 0 Å². The van der Waals surface area contributed by atoms with Gasteiger partial charge in [-0.2, -0.15) is 5.10 Å². The zero-order chi connectivity index (χ0) is 17.3. The molecule has 1 aliphatic rings. The summed E-state index contributed by atoms with van der Waals surface area (Å²) in [5.74, 6) is -2.00. The van der Waals surface area contributed by atoms with Crippen LogP contribution in [0.3, 0.4) is 0 Å². The molecule has 1 aliphatic heterocycles. The summed E-state index contributed by atoms with van der Waals surface area (Å²) >= 11 is 0. The van der Waals surface area contributed by atoms with Crippen molar-refractivity contribution in [2.24, 2.45) is 7.05 Å². The molecule has 128 valence electrons. The van der Waals surface area contributed by atoms with Gasteiger partial charge in [-0.3, -0.25) is 9.48 Å². The number of benzene rings is 1. The summed E-state index contributed by atoms with van der Waals surface area (Å²) in [5.41, 5.74) is 1.87. The molecule has 1 aromatic carbocycles. The van der Waals surface area contributed by atoms with E-state index in [1.807, 2.05) is 0 Å². The lowest BCUT2D eigenvalue weighted by atomic mass is 9.86. The molecular weight excluding hydrogens is 314 g/mol. The Morgan fingerprint density at radius 1 is 1.38 bits per heavy atom. The zero-order valence-electron chi connectivity index (χ0n) is 13.6. The first kappa shape index (κ1) is 16.6. The zero-order valence-corrected chi connectivity index (χ0v) is 13.6. The molecule has 2 unspecified atom stereocenters. The maximum atomic E-state index is 13.6. The second-order valence-electron chi connectivity index (χ2n) is 6.15. The van der Waals surface area contributed by atoms with Crippen molar-refractivity contribution in [1.29, 1.82) is 0 Å². The Hall–Kier alpha value is -2.28. The molecule has 2 aromatic rings. The summed E-state index contributed by atoms with van der Waals surface area (Å²) in [5, 5.41) is 10.4. The molecule has 2 N–H and O–H groups in total. The Morgan fingerprint density at radius 2 is 2.17 bits per heavy atom. The largest absolute Gasteiger partial charge is 0.347 e. The van der Waals surface area contributed by atoms with E-state index in [0.717, 1.165) is 19.0 Å². The number of nitrogens with one attached hydrogen (secondary N) is 2. The van der Waals surface area contributed by atoms with Gasteiger partial charge in [0.15, 0.2) is 11.6 Å². The number of aryl methyl sites for hydroxylation is 2. The smallest absolute Gasteiger partial charge is 0.255 e. The third kappa shape index (κ3) is 3.31. The number of amides is 1. The van der Waals surface area contributed by atoms with Crippen LogP contribution in [0.15, 0.2) is 24.4 Å². The number of carbonyl (C=O) groups excluding carboxylic acids is 1. The van der Waals surface area contributed by atoms with E-state index in [9.17, 15) is 13.6 Å². The number of hydrogen-bond acceptors (Lipinski definition) is 3. The van der Waals surface area contributed by atoms with Gasteiger partial charge in [0, 0.05) is 31.7 Å². The summed E-state index contributed by atoms with van der Waals surface area (Å²) in [6.07, 6.45) is 2.41. The fraction of sp³-hybridized carbons (Fsp3) is 0.412. The van der Waals surface area contributed by atoms with Gasteiger partial charge < -0.3 is 10.6 Å². The predicted octanol–water partition coefficient (Wildman–Crippen LogP) is 1.88. The fourth-order valence-electron chi connectivity index (χ4n) is 3.22. The number of nitrogens with zero attached hydrogens (tertiary/aromatic N) is 2. The average molecular weight is 334 g/mol. The summed E-state index contributed by atoms with van der Waals surface area (Å²) in [6, 6.07) is 3.75. The highest BCUT2D eigenvalue weighted by atomic mass is 19.2. The lowest BCUT2D eigenvalue weighted by Gasteiger charge is -2.33. The van der Waals surface area contributed by atoms with Gasteiger partial charge in [0.2, 0.25) is 0 Å². The highest BCUT2D eigenvalue weighted by molar-refractivity contribution is 5.95. The second kappa shape index (κ2) is 6.68. The van der Waals surface area contributed by atoms with Crippen molar-refractivity contribution in [3.8, 4) is 0 Å². The van der Waals surface area contributed by atoms with Crippen molar-refractivity contribution in [1.82, 2.24) is 20.4 Å². The van der Waals surface area contributed by atoms with Crippen LogP contribution in [0.1, 0.15) is 34.0 Å². The van der Waals surface area contributed by atoms with E-state index in [2.05, 4.69) is 15.7 Å². The quantitative estimate of drug-likeness (QED) is 0.901. The normalized spacial score (nSPS) is 20.8. The molecule has 2 heterocycles. The molecular formula is C17H20F2N4O. The summed E-state index contributed by atoms with van der Waals surface area (Å²) < 4.78 is 28.3. The number of carbonyl (C=O) groups is 1. The van der Waals surface area contributed by atoms with Crippen LogP contribution in [0, 0.1) is 18.6 Å². The van der Waals surface area contributed by atoms with Crippen molar-refractivity contribution in [2.75, 3.05) is 13.1 Å². The van der Waals surface area contributed by atoms with Crippen LogP contribution in [-0.4, -0.2) is 34.8 Å². The van der Waals surface area contributed by atoms with Gasteiger partial charge in [0.25, 0.3) is 5.91 Å². The highest BCUT2D eigenvalue weighted by Crippen LogP contribution is 2.27. The first-order chi connectivity index (χ1) is 11.5. The number of rotatable bonds is 3. The van der Waals surface area contributed by atoms with E-state index in [1.54, 1.807) is 30.9 Å². The maximum absolute atomic E-state index is 13.6. The van der Waals surface area contributed by atoms with E-state index < -0.39 is 11.6 Å². The molecule has 7 heteroatoms. The molecule has 0 spiro atoms. The molecule has 1 saturated heterocycles. The Labute approximate surface area is 139 Å². The summed E-state index contributed by atoms with van der Waals surface area (Å²) in [7, 11) is 1.76. The third-order valence-electron chi connectivity index (χ3n) is 4.43. The Balaban J connectivity index is 1.80. The minimum atomic E-state index is -0.862. The van der Waals surface area contributed by atoms with Gasteiger partial charge in [-0.25, -0.2) is 8.78 Å². The SMILES string of the molecule is Cc1nn(C)cc1C(=O)NC1CNCCC1c1ccc(F)c(F)c1.